The van der Waals surface area contributed by atoms with Crippen molar-refractivity contribution in [1.82, 2.24) is 9.97 Å². The molecule has 0 bridgehead atoms. The minimum atomic E-state index is -0.364. The van der Waals surface area contributed by atoms with Gasteiger partial charge in [0.25, 0.3) is 0 Å². The third-order valence-electron chi connectivity index (χ3n) is 4.63. The summed E-state index contributed by atoms with van der Waals surface area (Å²) < 4.78 is 27.0. The Morgan fingerprint density at radius 3 is 1.79 bits per heavy atom. The van der Waals surface area contributed by atoms with Gasteiger partial charge >= 0.3 is 0 Å². The molecule has 142 valence electrons. The van der Waals surface area contributed by atoms with Gasteiger partial charge in [-0.3, -0.25) is 4.98 Å². The fourth-order valence-corrected chi connectivity index (χ4v) is 3.30. The first kappa shape index (κ1) is 18.4. The van der Waals surface area contributed by atoms with Crippen molar-refractivity contribution in [3.8, 4) is 33.5 Å². The summed E-state index contributed by atoms with van der Waals surface area (Å²) in [6.45, 7) is 0. The van der Waals surface area contributed by atoms with Crippen molar-refractivity contribution in [1.29, 1.82) is 5.41 Å². The molecule has 4 aromatic rings. The van der Waals surface area contributed by atoms with E-state index < -0.39 is 0 Å². The first-order valence-electron chi connectivity index (χ1n) is 8.84. The standard InChI is InChI=1S/C23H16F2N4/c24-17-5-1-14(2-6-17)20-19(13-26)23(27)29-22(16-3-7-18(25)8-4-16)21(20)15-9-11-28-12-10-15/h1-13,26H,(H2,27,29). The Morgan fingerprint density at radius 2 is 1.24 bits per heavy atom. The SMILES string of the molecule is N=Cc1c(N)nc(-c2ccc(F)cc2)c(-c2ccncc2)c1-c1ccc(F)cc1. The highest BCUT2D eigenvalue weighted by molar-refractivity contribution is 6.04. The van der Waals surface area contributed by atoms with E-state index in [1.54, 1.807) is 36.7 Å². The van der Waals surface area contributed by atoms with E-state index in [-0.39, 0.29) is 17.5 Å². The number of aromatic nitrogens is 2. The average molecular weight is 386 g/mol. The first-order valence-corrected chi connectivity index (χ1v) is 8.84. The number of anilines is 1. The quantitative estimate of drug-likeness (QED) is 0.465. The van der Waals surface area contributed by atoms with Crippen molar-refractivity contribution in [3.63, 3.8) is 0 Å². The molecular formula is C23H16F2N4. The van der Waals surface area contributed by atoms with Gasteiger partial charge in [-0.25, -0.2) is 13.8 Å². The highest BCUT2D eigenvalue weighted by Crippen LogP contribution is 2.42. The maximum atomic E-state index is 13.5. The highest BCUT2D eigenvalue weighted by atomic mass is 19.1. The summed E-state index contributed by atoms with van der Waals surface area (Å²) in [6.07, 6.45) is 4.44. The smallest absolute Gasteiger partial charge is 0.133 e. The fourth-order valence-electron chi connectivity index (χ4n) is 3.30. The topological polar surface area (TPSA) is 75.7 Å². The van der Waals surface area contributed by atoms with Crippen LogP contribution in [0.1, 0.15) is 5.56 Å². The molecular weight excluding hydrogens is 370 g/mol. The number of benzene rings is 2. The number of hydrogen-bond acceptors (Lipinski definition) is 4. The Hall–Kier alpha value is -3.93. The van der Waals surface area contributed by atoms with E-state index >= 15 is 0 Å². The second-order valence-electron chi connectivity index (χ2n) is 6.40. The van der Waals surface area contributed by atoms with Crippen LogP contribution < -0.4 is 5.73 Å². The van der Waals surface area contributed by atoms with Crippen LogP contribution in [0.2, 0.25) is 0 Å². The normalized spacial score (nSPS) is 10.7. The molecule has 0 aliphatic carbocycles. The van der Waals surface area contributed by atoms with Crippen LogP contribution in [0.3, 0.4) is 0 Å². The van der Waals surface area contributed by atoms with Gasteiger partial charge in [0.15, 0.2) is 0 Å². The molecule has 4 nitrogen and oxygen atoms in total. The predicted octanol–water partition coefficient (Wildman–Crippen LogP) is 5.34. The summed E-state index contributed by atoms with van der Waals surface area (Å²) in [5.41, 5.74) is 10.7. The molecule has 6 heteroatoms. The van der Waals surface area contributed by atoms with E-state index in [1.165, 1.54) is 24.3 Å². The second-order valence-corrected chi connectivity index (χ2v) is 6.40. The lowest BCUT2D eigenvalue weighted by Gasteiger charge is -2.19. The number of nitrogens with two attached hydrogens (primary N) is 1. The number of nitrogens with zero attached hydrogens (tertiary/aromatic N) is 2. The largest absolute Gasteiger partial charge is 0.383 e. The summed E-state index contributed by atoms with van der Waals surface area (Å²) in [5.74, 6) is -0.560. The van der Waals surface area contributed by atoms with E-state index in [9.17, 15) is 8.78 Å². The molecule has 0 aliphatic rings. The van der Waals surface area contributed by atoms with Crippen LogP contribution in [-0.2, 0) is 0 Å². The number of nitrogens with one attached hydrogen (secondary N) is 1. The molecule has 0 atom stereocenters. The lowest BCUT2D eigenvalue weighted by molar-refractivity contribution is 0.627. The van der Waals surface area contributed by atoms with Crippen molar-refractivity contribution < 1.29 is 8.78 Å². The molecule has 0 spiro atoms. The molecule has 0 saturated carbocycles. The highest BCUT2D eigenvalue weighted by Gasteiger charge is 2.21. The zero-order chi connectivity index (χ0) is 20.4. The van der Waals surface area contributed by atoms with Gasteiger partial charge in [0.2, 0.25) is 0 Å². The molecule has 0 unspecified atom stereocenters. The zero-order valence-corrected chi connectivity index (χ0v) is 15.2. The number of halogens is 2. The zero-order valence-electron chi connectivity index (χ0n) is 15.2. The molecule has 3 N–H and O–H groups in total. The summed E-state index contributed by atoms with van der Waals surface area (Å²) in [4.78, 5) is 8.60. The van der Waals surface area contributed by atoms with Crippen molar-refractivity contribution in [2.45, 2.75) is 0 Å². The Bertz CT molecular complexity index is 1170. The van der Waals surface area contributed by atoms with Crippen LogP contribution in [0.15, 0.2) is 73.1 Å². The third kappa shape index (κ3) is 3.48. The number of rotatable bonds is 4. The molecule has 2 aromatic heterocycles. The van der Waals surface area contributed by atoms with Crippen LogP contribution in [0.5, 0.6) is 0 Å². The maximum Gasteiger partial charge on any atom is 0.133 e. The summed E-state index contributed by atoms with van der Waals surface area (Å²) in [6, 6.07) is 15.6. The van der Waals surface area contributed by atoms with Gasteiger partial charge in [-0.1, -0.05) is 12.1 Å². The van der Waals surface area contributed by atoms with Crippen molar-refractivity contribution in [2.24, 2.45) is 0 Å². The Labute approximate surface area is 166 Å². The van der Waals surface area contributed by atoms with E-state index in [0.29, 0.717) is 33.5 Å². The molecule has 0 fully saturated rings. The van der Waals surface area contributed by atoms with E-state index in [0.717, 1.165) is 11.8 Å². The van der Waals surface area contributed by atoms with Crippen LogP contribution in [0.25, 0.3) is 33.5 Å². The third-order valence-corrected chi connectivity index (χ3v) is 4.63. The lowest BCUT2D eigenvalue weighted by Crippen LogP contribution is -2.05. The van der Waals surface area contributed by atoms with Crippen molar-refractivity contribution >= 4 is 12.0 Å². The molecule has 0 amide bonds. The van der Waals surface area contributed by atoms with Crippen molar-refractivity contribution in [3.05, 3.63) is 90.3 Å². The number of hydrogen-bond donors (Lipinski definition) is 2. The lowest BCUT2D eigenvalue weighted by atomic mass is 9.88. The molecule has 0 radical (unpaired) electrons. The second kappa shape index (κ2) is 7.59. The number of nitrogen functional groups attached to an aromatic ring is 1. The van der Waals surface area contributed by atoms with Crippen LogP contribution in [0, 0.1) is 17.0 Å². The van der Waals surface area contributed by atoms with Crippen LogP contribution in [-0.4, -0.2) is 16.2 Å². The van der Waals surface area contributed by atoms with Crippen LogP contribution in [0.4, 0.5) is 14.6 Å². The molecule has 2 aromatic carbocycles. The Morgan fingerprint density at radius 1 is 0.724 bits per heavy atom. The van der Waals surface area contributed by atoms with Crippen LogP contribution >= 0.6 is 0 Å². The average Bonchev–Trinajstić information content (AvgIpc) is 2.75. The summed E-state index contributed by atoms with van der Waals surface area (Å²) in [5, 5.41) is 7.90. The Kier molecular flexibility index (Phi) is 4.83. The molecule has 2 heterocycles. The van der Waals surface area contributed by atoms with Gasteiger partial charge in [-0.05, 0) is 59.7 Å². The van der Waals surface area contributed by atoms with Gasteiger partial charge in [-0.15, -0.1) is 0 Å². The summed E-state index contributed by atoms with van der Waals surface area (Å²) in [7, 11) is 0. The predicted molar refractivity (Wildman–Crippen MR) is 111 cm³/mol. The molecule has 4 rings (SSSR count). The number of pyridine rings is 2. The van der Waals surface area contributed by atoms with Gasteiger partial charge in [0.05, 0.1) is 5.69 Å². The minimum absolute atomic E-state index is 0.163. The van der Waals surface area contributed by atoms with E-state index in [4.69, 9.17) is 11.1 Å². The monoisotopic (exact) mass is 386 g/mol. The van der Waals surface area contributed by atoms with Gasteiger partial charge in [-0.2, -0.15) is 0 Å². The molecule has 29 heavy (non-hydrogen) atoms. The van der Waals surface area contributed by atoms with E-state index in [2.05, 4.69) is 9.97 Å². The van der Waals surface area contributed by atoms with Gasteiger partial charge in [0, 0.05) is 40.9 Å². The van der Waals surface area contributed by atoms with Gasteiger partial charge in [0.1, 0.15) is 17.5 Å². The molecule has 0 aliphatic heterocycles. The van der Waals surface area contributed by atoms with Gasteiger partial charge < -0.3 is 11.1 Å². The minimum Gasteiger partial charge on any atom is -0.383 e. The Balaban J connectivity index is 2.13. The fraction of sp³-hybridized carbons (Fsp3) is 0. The first-order chi connectivity index (χ1) is 14.1. The molecule has 0 saturated heterocycles. The summed E-state index contributed by atoms with van der Waals surface area (Å²) >= 11 is 0. The van der Waals surface area contributed by atoms with Crippen molar-refractivity contribution in [2.75, 3.05) is 5.73 Å². The maximum absolute atomic E-state index is 13.5. The van der Waals surface area contributed by atoms with E-state index in [1.807, 2.05) is 12.1 Å².